The van der Waals surface area contributed by atoms with Crippen molar-refractivity contribution in [3.05, 3.63) is 88.9 Å². The van der Waals surface area contributed by atoms with E-state index < -0.39 is 28.5 Å². The number of rotatable bonds is 13. The van der Waals surface area contributed by atoms with E-state index in [4.69, 9.17) is 16.3 Å². The van der Waals surface area contributed by atoms with E-state index in [9.17, 15) is 18.0 Å². The van der Waals surface area contributed by atoms with Gasteiger partial charge in [0.25, 0.3) is 10.0 Å². The molecule has 1 atom stereocenters. The molecule has 0 aromatic heterocycles. The van der Waals surface area contributed by atoms with E-state index in [1.54, 1.807) is 60.7 Å². The third kappa shape index (κ3) is 8.24. The Bertz CT molecular complexity index is 1430. The Labute approximate surface area is 248 Å². The van der Waals surface area contributed by atoms with Crippen LogP contribution in [-0.2, 0) is 26.2 Å². The standard InChI is InChI=1S/C31H38ClN3O5S/c1-6-29(31(37)33-22(3)4)34(20-24-10-8-9-11-28(24)32)30(36)21-35(25-14-16-26(17-15-25)40-7-2)41(38,39)27-18-12-23(5)13-19-27/h8-19,22,29H,6-7,20-21H2,1-5H3,(H,33,37)/t29-/m1/s1. The van der Waals surface area contributed by atoms with Crippen LogP contribution in [0.25, 0.3) is 0 Å². The van der Waals surface area contributed by atoms with Crippen LogP contribution in [0.4, 0.5) is 5.69 Å². The van der Waals surface area contributed by atoms with E-state index in [0.29, 0.717) is 35.1 Å². The van der Waals surface area contributed by atoms with Gasteiger partial charge in [0.15, 0.2) is 0 Å². The van der Waals surface area contributed by atoms with Crippen molar-refractivity contribution in [3.8, 4) is 5.75 Å². The predicted octanol–water partition coefficient (Wildman–Crippen LogP) is 5.57. The minimum absolute atomic E-state index is 0.0320. The first kappa shape index (κ1) is 32.0. The first-order valence-corrected chi connectivity index (χ1v) is 15.4. The number of carbonyl (C=O) groups is 2. The van der Waals surface area contributed by atoms with Gasteiger partial charge < -0.3 is 15.0 Å². The van der Waals surface area contributed by atoms with Crippen LogP contribution in [0, 0.1) is 6.92 Å². The van der Waals surface area contributed by atoms with Gasteiger partial charge in [-0.1, -0.05) is 54.4 Å². The van der Waals surface area contributed by atoms with Crippen molar-refractivity contribution in [3.63, 3.8) is 0 Å². The van der Waals surface area contributed by atoms with Gasteiger partial charge in [-0.2, -0.15) is 0 Å². The second kappa shape index (κ2) is 14.4. The van der Waals surface area contributed by atoms with Crippen LogP contribution in [0.5, 0.6) is 5.75 Å². The summed E-state index contributed by atoms with van der Waals surface area (Å²) in [7, 11) is -4.16. The van der Waals surface area contributed by atoms with Gasteiger partial charge in [-0.25, -0.2) is 8.42 Å². The number of amides is 2. The second-order valence-electron chi connectivity index (χ2n) is 9.95. The van der Waals surface area contributed by atoms with E-state index >= 15 is 0 Å². The van der Waals surface area contributed by atoms with Gasteiger partial charge in [-0.15, -0.1) is 0 Å². The number of ether oxygens (including phenoxy) is 1. The molecule has 0 saturated heterocycles. The van der Waals surface area contributed by atoms with Crippen molar-refractivity contribution >= 4 is 39.1 Å². The van der Waals surface area contributed by atoms with Gasteiger partial charge in [-0.05, 0) is 82.1 Å². The van der Waals surface area contributed by atoms with E-state index in [-0.39, 0.29) is 23.4 Å². The fraction of sp³-hybridized carbons (Fsp3) is 0.355. The minimum atomic E-state index is -4.16. The molecule has 0 aliphatic rings. The van der Waals surface area contributed by atoms with Crippen LogP contribution in [0.2, 0.25) is 5.02 Å². The molecule has 0 aliphatic carbocycles. The summed E-state index contributed by atoms with van der Waals surface area (Å²) in [5, 5.41) is 3.33. The Morgan fingerprint density at radius 2 is 1.59 bits per heavy atom. The number of sulfonamides is 1. The Morgan fingerprint density at radius 1 is 0.951 bits per heavy atom. The summed E-state index contributed by atoms with van der Waals surface area (Å²) in [5.74, 6) is -0.288. The van der Waals surface area contributed by atoms with Gasteiger partial charge in [-0.3, -0.25) is 13.9 Å². The van der Waals surface area contributed by atoms with Crippen LogP contribution in [-0.4, -0.2) is 50.4 Å². The third-order valence-corrected chi connectivity index (χ3v) is 8.60. The lowest BCUT2D eigenvalue weighted by atomic mass is 10.1. The zero-order valence-electron chi connectivity index (χ0n) is 24.1. The Morgan fingerprint density at radius 3 is 2.15 bits per heavy atom. The molecule has 3 aromatic rings. The van der Waals surface area contributed by atoms with E-state index in [0.717, 1.165) is 9.87 Å². The second-order valence-corrected chi connectivity index (χ2v) is 12.2. The van der Waals surface area contributed by atoms with Crippen molar-refractivity contribution < 1.29 is 22.7 Å². The smallest absolute Gasteiger partial charge is 0.264 e. The van der Waals surface area contributed by atoms with Crippen LogP contribution in [0.1, 0.15) is 45.2 Å². The molecule has 8 nitrogen and oxygen atoms in total. The molecule has 1 N–H and O–H groups in total. The largest absolute Gasteiger partial charge is 0.494 e. The quantitative estimate of drug-likeness (QED) is 0.277. The Hall–Kier alpha value is -3.56. The molecule has 220 valence electrons. The average molecular weight is 600 g/mol. The number of nitrogens with one attached hydrogen (secondary N) is 1. The average Bonchev–Trinajstić information content (AvgIpc) is 2.93. The lowest BCUT2D eigenvalue weighted by Crippen LogP contribution is -2.53. The zero-order chi connectivity index (χ0) is 30.2. The summed E-state index contributed by atoms with van der Waals surface area (Å²) in [6.07, 6.45) is 0.322. The highest BCUT2D eigenvalue weighted by Gasteiger charge is 2.34. The van der Waals surface area contributed by atoms with Gasteiger partial charge in [0.05, 0.1) is 17.2 Å². The van der Waals surface area contributed by atoms with E-state index in [1.165, 1.54) is 17.0 Å². The SMILES string of the molecule is CCOc1ccc(N(CC(=O)N(Cc2ccccc2Cl)[C@H](CC)C(=O)NC(C)C)S(=O)(=O)c2ccc(C)cc2)cc1. The van der Waals surface area contributed by atoms with Gasteiger partial charge in [0.1, 0.15) is 18.3 Å². The third-order valence-electron chi connectivity index (χ3n) is 6.44. The zero-order valence-corrected chi connectivity index (χ0v) is 25.7. The molecule has 3 rings (SSSR count). The summed E-state index contributed by atoms with van der Waals surface area (Å²) < 4.78 is 34.5. The summed E-state index contributed by atoms with van der Waals surface area (Å²) in [6.45, 7) is 9.17. The van der Waals surface area contributed by atoms with Crippen molar-refractivity contribution in [1.29, 1.82) is 0 Å². The molecule has 0 heterocycles. The van der Waals surface area contributed by atoms with Crippen molar-refractivity contribution in [2.75, 3.05) is 17.5 Å². The predicted molar refractivity (Wildman–Crippen MR) is 163 cm³/mol. The lowest BCUT2D eigenvalue weighted by Gasteiger charge is -2.33. The van der Waals surface area contributed by atoms with Crippen LogP contribution in [0.3, 0.4) is 0 Å². The number of halogens is 1. The molecule has 0 saturated carbocycles. The van der Waals surface area contributed by atoms with Crippen LogP contribution >= 0.6 is 11.6 Å². The number of anilines is 1. The molecule has 0 spiro atoms. The van der Waals surface area contributed by atoms with Crippen LogP contribution in [0.15, 0.2) is 77.7 Å². The van der Waals surface area contributed by atoms with E-state index in [2.05, 4.69) is 5.32 Å². The maximum Gasteiger partial charge on any atom is 0.264 e. The summed E-state index contributed by atoms with van der Waals surface area (Å²) in [4.78, 5) is 28.8. The minimum Gasteiger partial charge on any atom is -0.494 e. The first-order valence-electron chi connectivity index (χ1n) is 13.6. The molecule has 10 heteroatoms. The molecule has 41 heavy (non-hydrogen) atoms. The fourth-order valence-electron chi connectivity index (χ4n) is 4.35. The number of hydrogen-bond acceptors (Lipinski definition) is 5. The van der Waals surface area contributed by atoms with Gasteiger partial charge in [0, 0.05) is 17.6 Å². The van der Waals surface area contributed by atoms with Gasteiger partial charge in [0.2, 0.25) is 11.8 Å². The number of carbonyl (C=O) groups excluding carboxylic acids is 2. The molecule has 0 radical (unpaired) electrons. The molecule has 0 aliphatic heterocycles. The van der Waals surface area contributed by atoms with Crippen molar-refractivity contribution in [2.24, 2.45) is 0 Å². The molecule has 0 fully saturated rings. The summed E-state index contributed by atoms with van der Waals surface area (Å²) in [6, 6.07) is 19.1. The fourth-order valence-corrected chi connectivity index (χ4v) is 5.96. The summed E-state index contributed by atoms with van der Waals surface area (Å²) >= 11 is 6.44. The molecule has 3 aromatic carbocycles. The molecular weight excluding hydrogens is 562 g/mol. The maximum absolute atomic E-state index is 14.1. The molecule has 0 unspecified atom stereocenters. The number of hydrogen-bond donors (Lipinski definition) is 1. The number of nitrogens with zero attached hydrogens (tertiary/aromatic N) is 2. The highest BCUT2D eigenvalue weighted by molar-refractivity contribution is 7.92. The van der Waals surface area contributed by atoms with Crippen molar-refractivity contribution in [2.45, 2.75) is 64.6 Å². The van der Waals surface area contributed by atoms with Crippen LogP contribution < -0.4 is 14.4 Å². The molecule has 2 amide bonds. The van der Waals surface area contributed by atoms with Gasteiger partial charge >= 0.3 is 0 Å². The first-order chi connectivity index (χ1) is 19.5. The Balaban J connectivity index is 2.07. The molecular formula is C31H38ClN3O5S. The molecule has 0 bridgehead atoms. The Kier molecular flexibility index (Phi) is 11.2. The highest BCUT2D eigenvalue weighted by atomic mass is 35.5. The van der Waals surface area contributed by atoms with Crippen molar-refractivity contribution in [1.82, 2.24) is 10.2 Å². The topological polar surface area (TPSA) is 96.0 Å². The monoisotopic (exact) mass is 599 g/mol. The summed E-state index contributed by atoms with van der Waals surface area (Å²) in [5.41, 5.74) is 1.84. The normalized spacial score (nSPS) is 12.1. The van der Waals surface area contributed by atoms with E-state index in [1.807, 2.05) is 34.6 Å². The number of benzene rings is 3. The number of aryl methyl sites for hydroxylation is 1. The lowest BCUT2D eigenvalue weighted by molar-refractivity contribution is -0.140. The maximum atomic E-state index is 14.1. The highest BCUT2D eigenvalue weighted by Crippen LogP contribution is 2.27.